The molecule has 1 heterocycles. The summed E-state index contributed by atoms with van der Waals surface area (Å²) in [6.45, 7) is -0.00305. The number of benzene rings is 2. The van der Waals surface area contributed by atoms with Gasteiger partial charge < -0.3 is 4.52 Å². The predicted octanol–water partition coefficient (Wildman–Crippen LogP) is 4.11. The first-order valence-corrected chi connectivity index (χ1v) is 10.4. The van der Waals surface area contributed by atoms with Crippen molar-refractivity contribution in [3.05, 3.63) is 69.5 Å². The summed E-state index contributed by atoms with van der Waals surface area (Å²) < 4.78 is 32.3. The number of rotatable bonds is 6. The highest BCUT2D eigenvalue weighted by atomic mass is 79.9. The van der Waals surface area contributed by atoms with Gasteiger partial charge in [0.1, 0.15) is 0 Å². The zero-order valence-electron chi connectivity index (χ0n) is 13.8. The topological polar surface area (TPSA) is 76.3 Å². The average molecular weight is 457 g/mol. The largest absolute Gasteiger partial charge is 0.338 e. The van der Waals surface area contributed by atoms with Gasteiger partial charge in [0.05, 0.1) is 12.3 Å². The number of aromatic nitrogens is 2. The van der Waals surface area contributed by atoms with Crippen molar-refractivity contribution in [3.63, 3.8) is 0 Å². The Morgan fingerprint density at radius 3 is 2.62 bits per heavy atom. The van der Waals surface area contributed by atoms with Crippen LogP contribution >= 0.6 is 27.5 Å². The monoisotopic (exact) mass is 455 g/mol. The summed E-state index contributed by atoms with van der Waals surface area (Å²) in [5.74, 6) is 0.492. The normalized spacial score (nSPS) is 11.8. The smallest absolute Gasteiger partial charge is 0.242 e. The van der Waals surface area contributed by atoms with Crippen LogP contribution in [0.25, 0.3) is 11.4 Å². The molecular formula is C17H15BrClN3O3S. The van der Waals surface area contributed by atoms with Crippen molar-refractivity contribution in [2.45, 2.75) is 12.3 Å². The third kappa shape index (κ3) is 4.70. The number of sulfonamides is 1. The first-order valence-electron chi connectivity index (χ1n) is 7.60. The Morgan fingerprint density at radius 2 is 1.92 bits per heavy atom. The van der Waals surface area contributed by atoms with Gasteiger partial charge in [-0.1, -0.05) is 44.8 Å². The van der Waals surface area contributed by atoms with Crippen molar-refractivity contribution in [1.29, 1.82) is 0 Å². The summed E-state index contributed by atoms with van der Waals surface area (Å²) in [6, 6.07) is 14.2. The van der Waals surface area contributed by atoms with Gasteiger partial charge >= 0.3 is 0 Å². The molecule has 3 rings (SSSR count). The molecule has 136 valence electrons. The van der Waals surface area contributed by atoms with Crippen molar-refractivity contribution in [2.24, 2.45) is 0 Å². The molecule has 2 aromatic carbocycles. The van der Waals surface area contributed by atoms with Crippen LogP contribution in [0.15, 0.2) is 57.5 Å². The lowest BCUT2D eigenvalue weighted by molar-refractivity contribution is 0.336. The second-order valence-corrected chi connectivity index (χ2v) is 9.09. The van der Waals surface area contributed by atoms with Crippen LogP contribution in [0.3, 0.4) is 0 Å². The van der Waals surface area contributed by atoms with Crippen LogP contribution in [-0.4, -0.2) is 29.9 Å². The van der Waals surface area contributed by atoms with Crippen LogP contribution in [-0.2, 0) is 22.3 Å². The summed E-state index contributed by atoms with van der Waals surface area (Å²) in [4.78, 5) is 4.25. The Bertz CT molecular complexity index is 1010. The van der Waals surface area contributed by atoms with Crippen molar-refractivity contribution in [3.8, 4) is 11.4 Å². The minimum Gasteiger partial charge on any atom is -0.338 e. The lowest BCUT2D eigenvalue weighted by Crippen LogP contribution is -2.27. The number of nitrogens with zero attached hydrogens (tertiary/aromatic N) is 3. The van der Waals surface area contributed by atoms with Crippen molar-refractivity contribution < 1.29 is 12.9 Å². The third-order valence-corrected chi connectivity index (χ3v) is 6.16. The quantitative estimate of drug-likeness (QED) is 0.558. The first-order chi connectivity index (χ1) is 12.3. The van der Waals surface area contributed by atoms with E-state index in [4.69, 9.17) is 16.1 Å². The average Bonchev–Trinajstić information content (AvgIpc) is 3.03. The molecule has 0 N–H and O–H groups in total. The predicted molar refractivity (Wildman–Crippen MR) is 103 cm³/mol. The summed E-state index contributed by atoms with van der Waals surface area (Å²) in [6.07, 6.45) is 0. The third-order valence-electron chi connectivity index (χ3n) is 3.64. The Balaban J connectivity index is 1.71. The zero-order chi connectivity index (χ0) is 18.7. The van der Waals surface area contributed by atoms with Gasteiger partial charge in [0, 0.05) is 22.1 Å². The molecule has 0 aliphatic carbocycles. The van der Waals surface area contributed by atoms with Crippen LogP contribution < -0.4 is 0 Å². The van der Waals surface area contributed by atoms with E-state index in [1.807, 2.05) is 6.07 Å². The van der Waals surface area contributed by atoms with Gasteiger partial charge in [-0.15, -0.1) is 0 Å². The molecule has 0 saturated heterocycles. The molecule has 9 heteroatoms. The van der Waals surface area contributed by atoms with Gasteiger partial charge in [0.2, 0.25) is 21.7 Å². The molecular weight excluding hydrogens is 442 g/mol. The summed E-state index contributed by atoms with van der Waals surface area (Å²) in [5, 5.41) is 4.50. The van der Waals surface area contributed by atoms with Gasteiger partial charge in [-0.3, -0.25) is 0 Å². The lowest BCUT2D eigenvalue weighted by Gasteiger charge is -2.15. The van der Waals surface area contributed by atoms with E-state index in [2.05, 4.69) is 26.1 Å². The van der Waals surface area contributed by atoms with E-state index < -0.39 is 10.0 Å². The maximum Gasteiger partial charge on any atom is 0.242 e. The minimum absolute atomic E-state index is 0.00305. The maximum absolute atomic E-state index is 12.5. The summed E-state index contributed by atoms with van der Waals surface area (Å²) >= 11 is 9.20. The molecule has 0 atom stereocenters. The Labute approximate surface area is 165 Å². The molecule has 6 nitrogen and oxygen atoms in total. The molecule has 0 bridgehead atoms. The van der Waals surface area contributed by atoms with E-state index in [9.17, 15) is 8.42 Å². The van der Waals surface area contributed by atoms with Crippen molar-refractivity contribution >= 4 is 37.6 Å². The Morgan fingerprint density at radius 1 is 1.19 bits per heavy atom. The highest BCUT2D eigenvalue weighted by Crippen LogP contribution is 2.20. The molecule has 3 aromatic rings. The lowest BCUT2D eigenvalue weighted by atomic mass is 10.2. The fraction of sp³-hybridized carbons (Fsp3) is 0.176. The van der Waals surface area contributed by atoms with Crippen molar-refractivity contribution in [2.75, 3.05) is 7.05 Å². The molecule has 0 aliphatic rings. The molecule has 0 amide bonds. The van der Waals surface area contributed by atoms with Gasteiger partial charge in [-0.05, 0) is 42.0 Å². The molecule has 1 aromatic heterocycles. The van der Waals surface area contributed by atoms with Gasteiger partial charge in [-0.2, -0.15) is 9.29 Å². The number of halogens is 2. The summed E-state index contributed by atoms with van der Waals surface area (Å²) in [7, 11) is -2.04. The fourth-order valence-electron chi connectivity index (χ4n) is 2.27. The van der Waals surface area contributed by atoms with Crippen LogP contribution in [0.4, 0.5) is 0 Å². The summed E-state index contributed by atoms with van der Waals surface area (Å²) in [5.41, 5.74) is 1.43. The maximum atomic E-state index is 12.5. The first kappa shape index (κ1) is 19.0. The number of hydrogen-bond acceptors (Lipinski definition) is 5. The molecule has 0 aliphatic heterocycles. The minimum atomic E-state index is -3.52. The van der Waals surface area contributed by atoms with Gasteiger partial charge in [0.25, 0.3) is 0 Å². The molecule has 0 radical (unpaired) electrons. The standard InChI is InChI=1S/C17H15BrClN3O3S/c1-22(26(23,24)11-12-3-2-4-14(18)9-12)10-16-20-17(21-25-16)13-5-7-15(19)8-6-13/h2-9H,10-11H2,1H3. The van der Waals surface area contributed by atoms with Gasteiger partial charge in [-0.25, -0.2) is 8.42 Å². The van der Waals surface area contributed by atoms with E-state index in [1.165, 1.54) is 11.4 Å². The zero-order valence-corrected chi connectivity index (χ0v) is 16.9. The molecule has 0 unspecified atom stereocenters. The second kappa shape index (κ2) is 7.87. The highest BCUT2D eigenvalue weighted by molar-refractivity contribution is 9.10. The van der Waals surface area contributed by atoms with E-state index in [0.29, 0.717) is 16.4 Å². The Kier molecular flexibility index (Phi) is 5.76. The SMILES string of the molecule is CN(Cc1nc(-c2ccc(Cl)cc2)no1)S(=O)(=O)Cc1cccc(Br)c1. The van der Waals surface area contributed by atoms with Crippen LogP contribution in [0, 0.1) is 0 Å². The van der Waals surface area contributed by atoms with Gasteiger partial charge in [0.15, 0.2) is 0 Å². The van der Waals surface area contributed by atoms with E-state index in [1.54, 1.807) is 42.5 Å². The van der Waals surface area contributed by atoms with E-state index in [-0.39, 0.29) is 18.2 Å². The van der Waals surface area contributed by atoms with Crippen LogP contribution in [0.5, 0.6) is 0 Å². The molecule has 0 saturated carbocycles. The van der Waals surface area contributed by atoms with E-state index >= 15 is 0 Å². The van der Waals surface area contributed by atoms with Crippen LogP contribution in [0.1, 0.15) is 11.5 Å². The van der Waals surface area contributed by atoms with Crippen LogP contribution in [0.2, 0.25) is 5.02 Å². The highest BCUT2D eigenvalue weighted by Gasteiger charge is 2.21. The fourth-order valence-corrected chi connectivity index (χ4v) is 3.97. The van der Waals surface area contributed by atoms with E-state index in [0.717, 1.165) is 10.0 Å². The molecule has 0 spiro atoms. The molecule has 26 heavy (non-hydrogen) atoms. The Hall–Kier alpha value is -1.74. The molecule has 0 fully saturated rings. The number of hydrogen-bond donors (Lipinski definition) is 0. The second-order valence-electron chi connectivity index (χ2n) is 5.66. The van der Waals surface area contributed by atoms with Crippen molar-refractivity contribution in [1.82, 2.24) is 14.4 Å².